The maximum Gasteiger partial charge on any atom is 0.416 e. The number of fused-ring (bicyclic) bond motifs is 1. The van der Waals surface area contributed by atoms with E-state index in [2.05, 4.69) is 9.97 Å². The Balaban J connectivity index is 2.09. The van der Waals surface area contributed by atoms with Crippen molar-refractivity contribution in [2.75, 3.05) is 4.90 Å². The van der Waals surface area contributed by atoms with Gasteiger partial charge < -0.3 is 9.72 Å². The number of hydrogen-bond donors (Lipinski definition) is 1. The second kappa shape index (κ2) is 5.35. The number of carbonyl (C=O) groups excluding carboxylic acids is 1. The Morgan fingerprint density at radius 2 is 2.05 bits per heavy atom. The average Bonchev–Trinajstić information content (AvgIpc) is 3.21. The lowest BCUT2D eigenvalue weighted by Crippen LogP contribution is -2.39. The van der Waals surface area contributed by atoms with Gasteiger partial charge in [-0.15, -0.1) is 0 Å². The summed E-state index contributed by atoms with van der Waals surface area (Å²) in [5.41, 5.74) is 0.323. The molecule has 1 aromatic heterocycles. The van der Waals surface area contributed by atoms with Crippen LogP contribution in [0.1, 0.15) is 33.6 Å². The summed E-state index contributed by atoms with van der Waals surface area (Å²) in [6, 6.07) is 7.85. The fraction of sp³-hybridized carbons (Fsp3) is 0.438. The summed E-state index contributed by atoms with van der Waals surface area (Å²) in [7, 11) is 0. The molecule has 1 amide bonds. The molecule has 0 radical (unpaired) electrons. The predicted octanol–water partition coefficient (Wildman–Crippen LogP) is 4.20. The molecule has 1 heterocycles. The van der Waals surface area contributed by atoms with Crippen LogP contribution in [0.4, 0.5) is 10.6 Å². The van der Waals surface area contributed by atoms with Crippen LogP contribution in [0.5, 0.6) is 0 Å². The molecule has 1 aromatic carbocycles. The van der Waals surface area contributed by atoms with E-state index >= 15 is 0 Å². The Morgan fingerprint density at radius 1 is 1.36 bits per heavy atom. The van der Waals surface area contributed by atoms with Crippen molar-refractivity contribution in [2.24, 2.45) is 0 Å². The molecule has 0 bridgehead atoms. The average molecular weight is 317 g/mol. The third-order valence-corrected chi connectivity index (χ3v) is 3.54. The van der Waals surface area contributed by atoms with Gasteiger partial charge in [0.15, 0.2) is 10.6 Å². The Kier molecular flexibility index (Phi) is 3.64. The number of anilines is 1. The second-order valence-corrected chi connectivity index (χ2v) is 6.88. The van der Waals surface area contributed by atoms with Crippen LogP contribution in [-0.2, 0) is 4.74 Å². The lowest BCUT2D eigenvalue weighted by Gasteiger charge is -2.27. The highest BCUT2D eigenvalue weighted by Crippen LogP contribution is 2.35. The zero-order valence-electron chi connectivity index (χ0n) is 12.9. The van der Waals surface area contributed by atoms with Crippen molar-refractivity contribution in [2.45, 2.75) is 45.3 Å². The summed E-state index contributed by atoms with van der Waals surface area (Å²) in [6.45, 7) is 5.58. The molecule has 1 N–H and O–H groups in total. The van der Waals surface area contributed by atoms with Crippen molar-refractivity contribution in [3.8, 4) is 0 Å². The largest absolute Gasteiger partial charge is 0.443 e. The van der Waals surface area contributed by atoms with Gasteiger partial charge in [0.2, 0.25) is 0 Å². The standard InChI is InChI=1S/C16H19N3O2S/c1-16(2,3)21-15(20)19(10-8-9-10)13-11-6-4-5-7-12(11)17-14(22)18-13/h4-7,10H,8-9H2,1-3H3,(H,17,18,22). The van der Waals surface area contributed by atoms with E-state index in [1.54, 1.807) is 4.90 Å². The van der Waals surface area contributed by atoms with E-state index in [0.29, 0.717) is 10.6 Å². The van der Waals surface area contributed by atoms with E-state index in [1.165, 1.54) is 0 Å². The zero-order valence-corrected chi connectivity index (χ0v) is 13.7. The number of hydrogen-bond acceptors (Lipinski definition) is 4. The molecule has 1 aliphatic carbocycles. The lowest BCUT2D eigenvalue weighted by atomic mass is 10.2. The van der Waals surface area contributed by atoms with Gasteiger partial charge in [0, 0.05) is 11.4 Å². The molecule has 1 aliphatic rings. The van der Waals surface area contributed by atoms with E-state index in [0.717, 1.165) is 23.7 Å². The van der Waals surface area contributed by atoms with Crippen LogP contribution in [0.15, 0.2) is 24.3 Å². The molecular weight excluding hydrogens is 298 g/mol. The first-order valence-electron chi connectivity index (χ1n) is 7.36. The van der Waals surface area contributed by atoms with E-state index in [9.17, 15) is 4.79 Å². The Bertz CT molecular complexity index is 775. The quantitative estimate of drug-likeness (QED) is 0.844. The van der Waals surface area contributed by atoms with Gasteiger partial charge in [0.25, 0.3) is 0 Å². The normalized spacial score (nSPS) is 14.9. The SMILES string of the molecule is CC(C)(C)OC(=O)N(c1nc(=S)[nH]c2ccccc12)C1CC1. The second-order valence-electron chi connectivity index (χ2n) is 6.49. The smallest absolute Gasteiger partial charge is 0.416 e. The topological polar surface area (TPSA) is 58.2 Å². The van der Waals surface area contributed by atoms with Crippen molar-refractivity contribution in [3.05, 3.63) is 29.0 Å². The molecular formula is C16H19N3O2S. The van der Waals surface area contributed by atoms with E-state index < -0.39 is 5.60 Å². The van der Waals surface area contributed by atoms with Gasteiger partial charge in [-0.3, -0.25) is 4.90 Å². The third-order valence-electron chi connectivity index (χ3n) is 3.35. The van der Waals surface area contributed by atoms with Crippen LogP contribution in [-0.4, -0.2) is 27.7 Å². The zero-order chi connectivity index (χ0) is 15.9. The number of aromatic amines is 1. The molecule has 0 saturated heterocycles. The maximum atomic E-state index is 12.6. The van der Waals surface area contributed by atoms with Crippen molar-refractivity contribution in [1.82, 2.24) is 9.97 Å². The van der Waals surface area contributed by atoms with Crippen molar-refractivity contribution >= 4 is 35.0 Å². The van der Waals surface area contributed by atoms with Crippen molar-refractivity contribution in [1.29, 1.82) is 0 Å². The number of carbonyl (C=O) groups is 1. The van der Waals surface area contributed by atoms with Crippen LogP contribution in [0, 0.1) is 4.77 Å². The summed E-state index contributed by atoms with van der Waals surface area (Å²) in [5, 5.41) is 0.869. The number of amides is 1. The minimum atomic E-state index is -0.544. The van der Waals surface area contributed by atoms with E-state index in [-0.39, 0.29) is 12.1 Å². The van der Waals surface area contributed by atoms with Gasteiger partial charge in [-0.25, -0.2) is 9.78 Å². The van der Waals surface area contributed by atoms with Crippen molar-refractivity contribution in [3.63, 3.8) is 0 Å². The summed E-state index contributed by atoms with van der Waals surface area (Å²) in [6.07, 6.45) is 1.55. The minimum Gasteiger partial charge on any atom is -0.443 e. The lowest BCUT2D eigenvalue weighted by molar-refractivity contribution is 0.0577. The molecule has 0 aliphatic heterocycles. The van der Waals surface area contributed by atoms with Gasteiger partial charge in [-0.05, 0) is 58.0 Å². The number of H-pyrrole nitrogens is 1. The molecule has 3 rings (SSSR count). The number of benzene rings is 1. The first-order valence-corrected chi connectivity index (χ1v) is 7.77. The summed E-state index contributed by atoms with van der Waals surface area (Å²) < 4.78 is 5.91. The first kappa shape index (κ1) is 15.0. The van der Waals surface area contributed by atoms with Gasteiger partial charge in [0.1, 0.15) is 5.60 Å². The fourth-order valence-corrected chi connectivity index (χ4v) is 2.52. The van der Waals surface area contributed by atoms with Gasteiger partial charge >= 0.3 is 6.09 Å². The summed E-state index contributed by atoms with van der Waals surface area (Å²) in [4.78, 5) is 21.7. The molecule has 116 valence electrons. The van der Waals surface area contributed by atoms with Gasteiger partial charge in [0.05, 0.1) is 5.52 Å². The molecule has 2 aromatic rings. The molecule has 1 fully saturated rings. The number of ether oxygens (including phenoxy) is 1. The third kappa shape index (κ3) is 3.11. The molecule has 6 heteroatoms. The van der Waals surface area contributed by atoms with Crippen LogP contribution in [0.3, 0.4) is 0 Å². The maximum absolute atomic E-state index is 12.6. The minimum absolute atomic E-state index is 0.141. The molecule has 0 spiro atoms. The molecule has 1 saturated carbocycles. The highest BCUT2D eigenvalue weighted by molar-refractivity contribution is 7.71. The molecule has 0 unspecified atom stereocenters. The van der Waals surface area contributed by atoms with Gasteiger partial charge in [-0.1, -0.05) is 12.1 Å². The van der Waals surface area contributed by atoms with Crippen LogP contribution in [0.25, 0.3) is 10.9 Å². The summed E-state index contributed by atoms with van der Waals surface area (Å²) >= 11 is 5.20. The van der Waals surface area contributed by atoms with Gasteiger partial charge in [-0.2, -0.15) is 0 Å². The van der Waals surface area contributed by atoms with Crippen LogP contribution >= 0.6 is 12.2 Å². The van der Waals surface area contributed by atoms with Crippen LogP contribution < -0.4 is 4.90 Å². The number of nitrogens with zero attached hydrogens (tertiary/aromatic N) is 2. The molecule has 5 nitrogen and oxygen atoms in total. The Hall–Kier alpha value is -1.95. The number of para-hydroxylation sites is 1. The highest BCUT2D eigenvalue weighted by atomic mass is 32.1. The highest BCUT2D eigenvalue weighted by Gasteiger charge is 2.38. The predicted molar refractivity (Wildman–Crippen MR) is 88.7 cm³/mol. The number of nitrogens with one attached hydrogen (secondary N) is 1. The first-order chi connectivity index (χ1) is 10.3. The monoisotopic (exact) mass is 317 g/mol. The summed E-state index contributed by atoms with van der Waals surface area (Å²) in [5.74, 6) is 0.580. The fourth-order valence-electron chi connectivity index (χ4n) is 2.32. The van der Waals surface area contributed by atoms with E-state index in [1.807, 2.05) is 45.0 Å². The van der Waals surface area contributed by atoms with E-state index in [4.69, 9.17) is 17.0 Å². The Morgan fingerprint density at radius 3 is 2.68 bits per heavy atom. The number of rotatable bonds is 2. The molecule has 22 heavy (non-hydrogen) atoms. The van der Waals surface area contributed by atoms with Crippen LogP contribution in [0.2, 0.25) is 0 Å². The Labute approximate surface area is 134 Å². The number of aromatic nitrogens is 2. The molecule has 0 atom stereocenters. The van der Waals surface area contributed by atoms with Crippen molar-refractivity contribution < 1.29 is 9.53 Å².